The summed E-state index contributed by atoms with van der Waals surface area (Å²) in [5.74, 6) is -1.23. The number of esters is 1. The third-order valence-electron chi connectivity index (χ3n) is 3.72. The van der Waals surface area contributed by atoms with Gasteiger partial charge in [-0.2, -0.15) is 0 Å². The lowest BCUT2D eigenvalue weighted by Gasteiger charge is -2.39. The minimum absolute atomic E-state index is 0.000565. The zero-order valence-electron chi connectivity index (χ0n) is 13.5. The number of benzene rings is 1. The number of aliphatic hydroxyl groups is 4. The van der Waals surface area contributed by atoms with Gasteiger partial charge in [0.15, 0.2) is 6.10 Å². The van der Waals surface area contributed by atoms with Gasteiger partial charge < -0.3 is 39.7 Å². The number of hydrogen-bond donors (Lipinski definition) is 5. The molecule has 0 saturated carbocycles. The van der Waals surface area contributed by atoms with Crippen LogP contribution in [0.3, 0.4) is 0 Å². The summed E-state index contributed by atoms with van der Waals surface area (Å²) >= 11 is 11.6. The lowest BCUT2D eigenvalue weighted by atomic mass is 9.99. The predicted octanol–water partition coefficient (Wildman–Crippen LogP) is -0.191. The van der Waals surface area contributed by atoms with Crippen molar-refractivity contribution < 1.29 is 44.5 Å². The number of ether oxygens (including phenoxy) is 3. The van der Waals surface area contributed by atoms with Gasteiger partial charge in [0.2, 0.25) is 6.29 Å². The van der Waals surface area contributed by atoms with Crippen LogP contribution in [0.2, 0.25) is 10.0 Å². The summed E-state index contributed by atoms with van der Waals surface area (Å²) in [6.45, 7) is 0.663. The Labute approximate surface area is 158 Å². The summed E-state index contributed by atoms with van der Waals surface area (Å²) in [6, 6.07) is 2.34. The average molecular weight is 413 g/mol. The summed E-state index contributed by atoms with van der Waals surface area (Å²) in [5, 5.41) is 47.7. The number of carbonyl (C=O) groups is 1. The highest BCUT2D eigenvalue weighted by atomic mass is 35.5. The normalized spacial score (nSPS) is 29.9. The molecule has 1 fully saturated rings. The van der Waals surface area contributed by atoms with E-state index in [2.05, 4.69) is 0 Å². The topological polar surface area (TPSA) is 146 Å². The van der Waals surface area contributed by atoms with Crippen molar-refractivity contribution in [1.29, 1.82) is 0 Å². The molecule has 0 aliphatic carbocycles. The van der Waals surface area contributed by atoms with Crippen molar-refractivity contribution in [3.63, 3.8) is 0 Å². The van der Waals surface area contributed by atoms with Gasteiger partial charge in [-0.3, -0.25) is 0 Å². The van der Waals surface area contributed by atoms with Crippen LogP contribution >= 0.6 is 23.2 Å². The molecular formula is C15H18Cl2O9. The number of aromatic hydroxyl groups is 1. The van der Waals surface area contributed by atoms with Crippen LogP contribution in [-0.2, 0) is 14.3 Å². The zero-order chi connectivity index (χ0) is 19.6. The average Bonchev–Trinajstić information content (AvgIpc) is 2.59. The molecule has 1 aromatic carbocycles. The highest BCUT2D eigenvalue weighted by Crippen LogP contribution is 2.35. The van der Waals surface area contributed by atoms with Crippen LogP contribution in [0, 0.1) is 0 Å². The van der Waals surface area contributed by atoms with Crippen LogP contribution in [0.5, 0.6) is 11.5 Å². The van der Waals surface area contributed by atoms with Crippen LogP contribution in [-0.4, -0.2) is 74.9 Å². The van der Waals surface area contributed by atoms with Crippen molar-refractivity contribution in [2.24, 2.45) is 0 Å². The second kappa shape index (κ2) is 8.57. The first kappa shape index (κ1) is 21.0. The van der Waals surface area contributed by atoms with Crippen molar-refractivity contribution in [1.82, 2.24) is 0 Å². The quantitative estimate of drug-likeness (QED) is 0.415. The molecule has 0 amide bonds. The van der Waals surface area contributed by atoms with Gasteiger partial charge in [-0.05, 0) is 6.92 Å². The lowest BCUT2D eigenvalue weighted by Crippen LogP contribution is -2.59. The predicted molar refractivity (Wildman–Crippen MR) is 88.1 cm³/mol. The molecule has 1 aliphatic rings. The Bertz CT molecular complexity index is 654. The molecule has 9 nitrogen and oxygen atoms in total. The summed E-state index contributed by atoms with van der Waals surface area (Å²) in [4.78, 5) is 12.1. The van der Waals surface area contributed by atoms with E-state index in [1.54, 1.807) is 0 Å². The highest BCUT2D eigenvalue weighted by Gasteiger charge is 2.45. The largest absolute Gasteiger partial charge is 0.506 e. The molecule has 146 valence electrons. The maximum Gasteiger partial charge on any atom is 0.349 e. The van der Waals surface area contributed by atoms with Crippen LogP contribution in [0.25, 0.3) is 0 Å². The van der Waals surface area contributed by atoms with E-state index in [1.165, 1.54) is 13.0 Å². The number of phenols is 1. The van der Waals surface area contributed by atoms with Crippen LogP contribution < -0.4 is 4.74 Å². The van der Waals surface area contributed by atoms with Crippen LogP contribution in [0.15, 0.2) is 12.1 Å². The van der Waals surface area contributed by atoms with Crippen molar-refractivity contribution in [3.05, 3.63) is 22.2 Å². The smallest absolute Gasteiger partial charge is 0.349 e. The third-order valence-corrected chi connectivity index (χ3v) is 4.32. The first-order valence-corrected chi connectivity index (χ1v) is 8.27. The van der Waals surface area contributed by atoms with Gasteiger partial charge in [0.1, 0.15) is 35.9 Å². The number of halogens is 2. The first-order chi connectivity index (χ1) is 12.1. The number of carbonyl (C=O) groups excluding carboxylic acids is 1. The molecule has 0 unspecified atom stereocenters. The van der Waals surface area contributed by atoms with Gasteiger partial charge in [0, 0.05) is 12.1 Å². The fourth-order valence-corrected chi connectivity index (χ4v) is 2.58. The molecule has 2 rings (SSSR count). The van der Waals surface area contributed by atoms with E-state index in [9.17, 15) is 25.2 Å². The van der Waals surface area contributed by atoms with Gasteiger partial charge in [-0.15, -0.1) is 0 Å². The molecule has 0 bridgehead atoms. The van der Waals surface area contributed by atoms with Crippen LogP contribution in [0.1, 0.15) is 6.92 Å². The molecule has 1 heterocycles. The zero-order valence-corrected chi connectivity index (χ0v) is 15.0. The standard InChI is InChI=1S/C15H18Cl2O9/c1-5(24-9-3-6(16)8(19)2-7(9)17)14(23)26-15-13(22)12(21)11(20)10(4-18)25-15/h2-3,5,10-13,15,18-22H,4H2,1H3/t5-,10-,11-,12+,13-,15+/m1/s1. The maximum atomic E-state index is 12.1. The molecular weight excluding hydrogens is 395 g/mol. The number of phenolic OH excluding ortho intramolecular Hbond substituents is 1. The Balaban J connectivity index is 2.03. The maximum absolute atomic E-state index is 12.1. The molecule has 0 spiro atoms. The Kier molecular flexibility index (Phi) is 6.92. The minimum Gasteiger partial charge on any atom is -0.506 e. The van der Waals surface area contributed by atoms with Crippen LogP contribution in [0.4, 0.5) is 0 Å². The van der Waals surface area contributed by atoms with E-state index in [4.69, 9.17) is 42.5 Å². The molecule has 0 radical (unpaired) electrons. The lowest BCUT2D eigenvalue weighted by molar-refractivity contribution is -0.294. The fourth-order valence-electron chi connectivity index (χ4n) is 2.22. The Morgan fingerprint density at radius 3 is 2.46 bits per heavy atom. The van der Waals surface area contributed by atoms with E-state index in [0.29, 0.717) is 0 Å². The van der Waals surface area contributed by atoms with Crippen molar-refractivity contribution in [2.75, 3.05) is 6.61 Å². The number of rotatable bonds is 5. The van der Waals surface area contributed by atoms with E-state index >= 15 is 0 Å². The van der Waals surface area contributed by atoms with Crippen molar-refractivity contribution in [3.8, 4) is 11.5 Å². The number of hydrogen-bond acceptors (Lipinski definition) is 9. The summed E-state index contributed by atoms with van der Waals surface area (Å²) in [5.41, 5.74) is 0. The summed E-state index contributed by atoms with van der Waals surface area (Å²) in [7, 11) is 0. The van der Waals surface area contributed by atoms with E-state index < -0.39 is 49.4 Å². The minimum atomic E-state index is -1.73. The third kappa shape index (κ3) is 4.49. The monoisotopic (exact) mass is 412 g/mol. The molecule has 1 aromatic rings. The van der Waals surface area contributed by atoms with Crippen molar-refractivity contribution >= 4 is 29.2 Å². The molecule has 6 atom stereocenters. The highest BCUT2D eigenvalue weighted by molar-refractivity contribution is 6.35. The molecule has 11 heteroatoms. The Morgan fingerprint density at radius 1 is 1.19 bits per heavy atom. The van der Waals surface area contributed by atoms with E-state index in [0.717, 1.165) is 6.07 Å². The number of aliphatic hydroxyl groups excluding tert-OH is 4. The second-order valence-corrected chi connectivity index (χ2v) is 6.44. The molecule has 1 saturated heterocycles. The molecule has 26 heavy (non-hydrogen) atoms. The van der Waals surface area contributed by atoms with Gasteiger partial charge in [0.05, 0.1) is 16.7 Å². The summed E-state index contributed by atoms with van der Waals surface area (Å²) in [6.07, 6.45) is -9.04. The Hall–Kier alpha value is -1.33. The second-order valence-electron chi connectivity index (χ2n) is 5.63. The van der Waals surface area contributed by atoms with Crippen molar-refractivity contribution in [2.45, 2.75) is 43.7 Å². The fraction of sp³-hybridized carbons (Fsp3) is 0.533. The van der Waals surface area contributed by atoms with Gasteiger partial charge >= 0.3 is 5.97 Å². The first-order valence-electron chi connectivity index (χ1n) is 7.51. The molecule has 5 N–H and O–H groups in total. The molecule has 1 aliphatic heterocycles. The SMILES string of the molecule is C[C@@H](Oc1cc(Cl)c(O)cc1Cl)C(=O)O[C@@H]1O[C@H](CO)[C@@H](O)[C@H](O)[C@H]1O. The summed E-state index contributed by atoms with van der Waals surface area (Å²) < 4.78 is 15.3. The van der Waals surface area contributed by atoms with Gasteiger partial charge in [-0.25, -0.2) is 4.79 Å². The van der Waals surface area contributed by atoms with Gasteiger partial charge in [0.25, 0.3) is 0 Å². The van der Waals surface area contributed by atoms with Gasteiger partial charge in [-0.1, -0.05) is 23.2 Å². The van der Waals surface area contributed by atoms with E-state index in [-0.39, 0.29) is 21.5 Å². The Morgan fingerprint density at radius 2 is 1.85 bits per heavy atom. The van der Waals surface area contributed by atoms with E-state index in [1.807, 2.05) is 0 Å². The molecule has 0 aromatic heterocycles.